The first-order valence-corrected chi connectivity index (χ1v) is 9.63. The van der Waals surface area contributed by atoms with Gasteiger partial charge in [0.05, 0.1) is 16.7 Å². The lowest BCUT2D eigenvalue weighted by molar-refractivity contribution is -0.138. The molecule has 0 aliphatic carbocycles. The van der Waals surface area contributed by atoms with Crippen LogP contribution in [-0.4, -0.2) is 12.8 Å². The third-order valence-electron chi connectivity index (χ3n) is 5.13. The number of ketones is 1. The zero-order valence-electron chi connectivity index (χ0n) is 16.9. The van der Waals surface area contributed by atoms with Gasteiger partial charge in [0.1, 0.15) is 0 Å². The highest BCUT2D eigenvalue weighted by atomic mass is 19.4. The Hall–Kier alpha value is -3.75. The van der Waals surface area contributed by atoms with E-state index in [-0.39, 0.29) is 28.2 Å². The number of benzene rings is 3. The molecule has 0 radical (unpaired) electrons. The molecule has 0 saturated carbocycles. The van der Waals surface area contributed by atoms with Gasteiger partial charge in [0, 0.05) is 7.05 Å². The molecule has 0 saturated heterocycles. The van der Waals surface area contributed by atoms with Crippen molar-refractivity contribution < 1.29 is 35.9 Å². The third kappa shape index (κ3) is 4.30. The molecule has 0 amide bonds. The van der Waals surface area contributed by atoms with Gasteiger partial charge in [-0.1, -0.05) is 36.4 Å². The Morgan fingerprint density at radius 2 is 1.52 bits per heavy atom. The van der Waals surface area contributed by atoms with Crippen LogP contribution in [0, 0.1) is 0 Å². The summed E-state index contributed by atoms with van der Waals surface area (Å²) in [6.07, 6.45) is -7.87. The van der Waals surface area contributed by atoms with E-state index in [1.807, 2.05) is 0 Å². The van der Waals surface area contributed by atoms with Gasteiger partial charge in [-0.3, -0.25) is 4.79 Å². The van der Waals surface area contributed by atoms with Crippen molar-refractivity contribution in [3.63, 3.8) is 0 Å². The highest BCUT2D eigenvalue weighted by Crippen LogP contribution is 2.37. The number of fused-ring (bicyclic) bond motifs is 1. The fraction of sp³-hybridized carbons (Fsp3) is 0.125. The van der Waals surface area contributed by atoms with E-state index in [4.69, 9.17) is 4.74 Å². The highest BCUT2D eigenvalue weighted by Gasteiger charge is 2.35. The first kappa shape index (κ1) is 22.4. The van der Waals surface area contributed by atoms with Gasteiger partial charge in [-0.15, -0.1) is 0 Å². The van der Waals surface area contributed by atoms with Crippen LogP contribution < -0.4 is 5.32 Å². The molecule has 170 valence electrons. The van der Waals surface area contributed by atoms with E-state index in [9.17, 15) is 31.1 Å². The van der Waals surface area contributed by atoms with Crippen LogP contribution in [0.25, 0.3) is 22.4 Å². The van der Waals surface area contributed by atoms with E-state index in [1.165, 1.54) is 37.4 Å². The summed E-state index contributed by atoms with van der Waals surface area (Å²) in [5.74, 6) is -0.971. The summed E-state index contributed by atoms with van der Waals surface area (Å²) >= 11 is 0. The summed E-state index contributed by atoms with van der Waals surface area (Å²) in [5.41, 5.74) is -1.59. The number of carbonyl (C=O) groups excluding carboxylic acids is 1. The minimum absolute atomic E-state index is 0.000137. The summed E-state index contributed by atoms with van der Waals surface area (Å²) in [6.45, 7) is 0. The lowest BCUT2D eigenvalue weighted by atomic mass is 9.98. The first-order chi connectivity index (χ1) is 15.5. The van der Waals surface area contributed by atoms with Gasteiger partial charge in [-0.05, 0) is 52.2 Å². The zero-order chi connectivity index (χ0) is 24.0. The van der Waals surface area contributed by atoms with E-state index in [0.717, 1.165) is 24.3 Å². The molecule has 33 heavy (non-hydrogen) atoms. The number of nitrogens with one attached hydrogen (secondary N) is 1. The minimum Gasteiger partial charge on any atom is -0.436 e. The van der Waals surface area contributed by atoms with E-state index in [2.05, 4.69) is 5.32 Å². The number of allylic oxidation sites excluding steroid dienone is 1. The Bertz CT molecular complexity index is 1320. The Morgan fingerprint density at radius 1 is 0.848 bits per heavy atom. The molecule has 3 aromatic rings. The Balaban J connectivity index is 1.78. The quantitative estimate of drug-likeness (QED) is 0.361. The molecular weight excluding hydrogens is 448 g/mol. The second kappa shape index (κ2) is 7.99. The number of hydrogen-bond donors (Lipinski definition) is 1. The van der Waals surface area contributed by atoms with Crippen LogP contribution >= 0.6 is 0 Å². The standard InChI is InChI=1S/C24H15F6NO2/c1-31-22-20(15-6-3-7-16(10-15)23(25,26)27)21(32)19(33-22)11-14-5-2-4-13-8-9-17(12-18(13)14)24(28,29)30/h2-12,31H,1H3. The number of halogens is 6. The van der Waals surface area contributed by atoms with Gasteiger partial charge in [0.15, 0.2) is 5.76 Å². The fourth-order valence-corrected chi connectivity index (χ4v) is 3.56. The van der Waals surface area contributed by atoms with Crippen molar-refractivity contribution in [2.24, 2.45) is 0 Å². The monoisotopic (exact) mass is 463 g/mol. The lowest BCUT2D eigenvalue weighted by Crippen LogP contribution is -2.09. The number of ether oxygens (including phenoxy) is 1. The molecule has 3 nitrogen and oxygen atoms in total. The van der Waals surface area contributed by atoms with Gasteiger partial charge < -0.3 is 10.1 Å². The second-order valence-electron chi connectivity index (χ2n) is 7.25. The van der Waals surface area contributed by atoms with Crippen LogP contribution in [0.15, 0.2) is 72.3 Å². The Morgan fingerprint density at radius 3 is 2.18 bits per heavy atom. The predicted octanol–water partition coefficient (Wildman–Crippen LogP) is 6.41. The largest absolute Gasteiger partial charge is 0.436 e. The number of alkyl halides is 6. The molecule has 1 heterocycles. The second-order valence-corrected chi connectivity index (χ2v) is 7.25. The van der Waals surface area contributed by atoms with E-state index in [1.54, 1.807) is 12.1 Å². The van der Waals surface area contributed by atoms with Crippen LogP contribution in [0.3, 0.4) is 0 Å². The maximum Gasteiger partial charge on any atom is 0.416 e. The Labute approximate surface area is 184 Å². The summed E-state index contributed by atoms with van der Waals surface area (Å²) in [5, 5.41) is 3.41. The lowest BCUT2D eigenvalue weighted by Gasteiger charge is -2.10. The Kier molecular flexibility index (Phi) is 5.43. The molecule has 4 rings (SSSR count). The molecule has 1 aliphatic rings. The molecule has 0 spiro atoms. The van der Waals surface area contributed by atoms with Crippen molar-refractivity contribution in [1.82, 2.24) is 5.32 Å². The molecule has 1 aliphatic heterocycles. The first-order valence-electron chi connectivity index (χ1n) is 9.63. The zero-order valence-corrected chi connectivity index (χ0v) is 16.9. The van der Waals surface area contributed by atoms with Crippen LogP contribution in [0.5, 0.6) is 0 Å². The average Bonchev–Trinajstić information content (AvgIpc) is 3.07. The molecule has 3 aromatic carbocycles. The van der Waals surface area contributed by atoms with Crippen molar-refractivity contribution >= 4 is 28.2 Å². The van der Waals surface area contributed by atoms with Crippen molar-refractivity contribution in [3.05, 3.63) is 94.6 Å². The van der Waals surface area contributed by atoms with Crippen molar-refractivity contribution in [2.45, 2.75) is 12.4 Å². The molecular formula is C24H15F6NO2. The van der Waals surface area contributed by atoms with Crippen LogP contribution in [0.2, 0.25) is 0 Å². The van der Waals surface area contributed by atoms with Crippen molar-refractivity contribution in [2.75, 3.05) is 7.05 Å². The molecule has 0 unspecified atom stereocenters. The van der Waals surface area contributed by atoms with Gasteiger partial charge in [-0.25, -0.2) is 0 Å². The maximum absolute atomic E-state index is 13.2. The summed E-state index contributed by atoms with van der Waals surface area (Å²) in [6, 6.07) is 12.3. The molecule has 0 aromatic heterocycles. The summed E-state index contributed by atoms with van der Waals surface area (Å²) in [4.78, 5) is 13.1. The summed E-state index contributed by atoms with van der Waals surface area (Å²) in [7, 11) is 1.44. The summed E-state index contributed by atoms with van der Waals surface area (Å²) < 4.78 is 84.4. The number of Topliss-reactive ketones (excluding diaryl/α,β-unsaturated/α-hetero) is 1. The topological polar surface area (TPSA) is 38.3 Å². The number of hydrogen-bond acceptors (Lipinski definition) is 3. The van der Waals surface area contributed by atoms with E-state index in [0.29, 0.717) is 10.9 Å². The smallest absolute Gasteiger partial charge is 0.416 e. The van der Waals surface area contributed by atoms with Gasteiger partial charge in [0.2, 0.25) is 11.7 Å². The average molecular weight is 463 g/mol. The van der Waals surface area contributed by atoms with E-state index < -0.39 is 29.3 Å². The molecule has 1 N–H and O–H groups in total. The minimum atomic E-state index is -4.60. The molecule has 0 atom stereocenters. The molecule has 0 fully saturated rings. The van der Waals surface area contributed by atoms with Crippen LogP contribution in [0.4, 0.5) is 26.3 Å². The number of carbonyl (C=O) groups is 1. The normalized spacial score (nSPS) is 16.0. The number of rotatable bonds is 3. The van der Waals surface area contributed by atoms with Gasteiger partial charge >= 0.3 is 12.4 Å². The fourth-order valence-electron chi connectivity index (χ4n) is 3.56. The predicted molar refractivity (Wildman–Crippen MR) is 110 cm³/mol. The van der Waals surface area contributed by atoms with Crippen molar-refractivity contribution in [1.29, 1.82) is 0 Å². The SMILES string of the molecule is CNC1=C(c2cccc(C(F)(F)F)c2)C(=O)C(=Cc2cccc3ccc(C(F)(F)F)cc23)O1. The highest BCUT2D eigenvalue weighted by molar-refractivity contribution is 6.31. The van der Waals surface area contributed by atoms with Crippen molar-refractivity contribution in [3.8, 4) is 0 Å². The molecule has 0 bridgehead atoms. The van der Waals surface area contributed by atoms with Crippen LogP contribution in [0.1, 0.15) is 22.3 Å². The van der Waals surface area contributed by atoms with E-state index >= 15 is 0 Å². The van der Waals surface area contributed by atoms with Gasteiger partial charge in [-0.2, -0.15) is 26.3 Å². The van der Waals surface area contributed by atoms with Gasteiger partial charge in [0.25, 0.3) is 0 Å². The van der Waals surface area contributed by atoms with Crippen LogP contribution in [-0.2, 0) is 21.9 Å². The maximum atomic E-state index is 13.2. The third-order valence-corrected chi connectivity index (χ3v) is 5.13. The molecule has 9 heteroatoms.